The Morgan fingerprint density at radius 3 is 2.71 bits per heavy atom. The lowest BCUT2D eigenvalue weighted by Gasteiger charge is -2.37. The van der Waals surface area contributed by atoms with Crippen LogP contribution in [0.25, 0.3) is 0 Å². The van der Waals surface area contributed by atoms with Crippen LogP contribution in [-0.2, 0) is 4.79 Å². The molecule has 0 spiro atoms. The Morgan fingerprint density at radius 1 is 1.43 bits per heavy atom. The quantitative estimate of drug-likeness (QED) is 0.825. The number of nitrogens with two attached hydrogens (primary N) is 1. The van der Waals surface area contributed by atoms with Gasteiger partial charge in [0.1, 0.15) is 5.75 Å². The summed E-state index contributed by atoms with van der Waals surface area (Å²) < 4.78 is 5.06. The summed E-state index contributed by atoms with van der Waals surface area (Å²) in [7, 11) is 1.53. The molecule has 1 unspecified atom stereocenters. The van der Waals surface area contributed by atoms with Gasteiger partial charge in [0.05, 0.1) is 18.1 Å². The zero-order valence-electron chi connectivity index (χ0n) is 12.3. The zero-order chi connectivity index (χ0) is 15.6. The fraction of sp³-hybridized carbons (Fsp3) is 0.467. The number of likely N-dealkylation sites (tertiary alicyclic amines) is 1. The molecule has 0 radical (unpaired) electrons. The maximum atomic E-state index is 12.5. The average molecular weight is 292 g/mol. The van der Waals surface area contributed by atoms with Crippen molar-refractivity contribution in [1.82, 2.24) is 4.90 Å². The summed E-state index contributed by atoms with van der Waals surface area (Å²) in [6.07, 6.45) is 1.24. The molecule has 21 heavy (non-hydrogen) atoms. The second-order valence-electron chi connectivity index (χ2n) is 5.65. The predicted molar refractivity (Wildman–Crippen MR) is 78.3 cm³/mol. The third kappa shape index (κ3) is 2.94. The van der Waals surface area contributed by atoms with Crippen LogP contribution in [0.1, 0.15) is 30.1 Å². The average Bonchev–Trinajstić information content (AvgIpc) is 2.46. The molecular weight excluding hydrogens is 272 g/mol. The summed E-state index contributed by atoms with van der Waals surface area (Å²) in [5, 5.41) is 9.31. The van der Waals surface area contributed by atoms with Gasteiger partial charge in [-0.1, -0.05) is 0 Å². The number of piperidine rings is 1. The summed E-state index contributed by atoms with van der Waals surface area (Å²) in [6.45, 7) is 2.42. The molecule has 0 saturated carbocycles. The summed E-state index contributed by atoms with van der Waals surface area (Å²) in [4.78, 5) is 25.5. The third-order valence-electron chi connectivity index (χ3n) is 3.99. The molecule has 2 rings (SSSR count). The topological polar surface area (TPSA) is 92.9 Å². The number of anilines is 1. The first-order valence-corrected chi connectivity index (χ1v) is 6.83. The highest BCUT2D eigenvalue weighted by molar-refractivity contribution is 5.99. The second kappa shape index (κ2) is 5.63. The van der Waals surface area contributed by atoms with Gasteiger partial charge in [0.2, 0.25) is 0 Å². The number of carboxylic acid groups (broad SMARTS) is 1. The van der Waals surface area contributed by atoms with Crippen LogP contribution in [0, 0.1) is 5.41 Å². The molecule has 1 atom stereocenters. The number of benzene rings is 1. The number of carbonyl (C=O) groups excluding carboxylic acids is 1. The zero-order valence-corrected chi connectivity index (χ0v) is 12.3. The number of nitrogen functional groups attached to an aromatic ring is 1. The Kier molecular flexibility index (Phi) is 4.06. The van der Waals surface area contributed by atoms with E-state index in [4.69, 9.17) is 10.5 Å². The van der Waals surface area contributed by atoms with E-state index in [0.29, 0.717) is 36.4 Å². The number of nitrogens with zero attached hydrogens (tertiary/aromatic N) is 1. The van der Waals surface area contributed by atoms with Gasteiger partial charge in [0.25, 0.3) is 5.91 Å². The highest BCUT2D eigenvalue weighted by Gasteiger charge is 2.39. The lowest BCUT2D eigenvalue weighted by Crippen LogP contribution is -2.48. The summed E-state index contributed by atoms with van der Waals surface area (Å²) in [6, 6.07) is 4.88. The van der Waals surface area contributed by atoms with Crippen molar-refractivity contribution in [3.63, 3.8) is 0 Å². The van der Waals surface area contributed by atoms with Crippen molar-refractivity contribution in [2.24, 2.45) is 5.41 Å². The molecule has 1 aliphatic heterocycles. The number of carbonyl (C=O) groups is 2. The molecule has 1 fully saturated rings. The number of carboxylic acids is 1. The van der Waals surface area contributed by atoms with Crippen LogP contribution in [0.5, 0.6) is 5.75 Å². The lowest BCUT2D eigenvalue weighted by atomic mass is 9.82. The van der Waals surface area contributed by atoms with Gasteiger partial charge in [-0.3, -0.25) is 9.59 Å². The number of hydrogen-bond acceptors (Lipinski definition) is 4. The van der Waals surface area contributed by atoms with Crippen molar-refractivity contribution in [3.05, 3.63) is 23.8 Å². The minimum Gasteiger partial charge on any atom is -0.497 e. The maximum Gasteiger partial charge on any atom is 0.311 e. The van der Waals surface area contributed by atoms with Crippen LogP contribution in [-0.4, -0.2) is 42.1 Å². The predicted octanol–water partition coefficient (Wildman–Crippen LogP) is 1.60. The molecule has 0 bridgehead atoms. The van der Waals surface area contributed by atoms with Gasteiger partial charge in [-0.2, -0.15) is 0 Å². The number of rotatable bonds is 3. The lowest BCUT2D eigenvalue weighted by molar-refractivity contribution is -0.150. The minimum atomic E-state index is -0.894. The van der Waals surface area contributed by atoms with Crippen molar-refractivity contribution < 1.29 is 19.4 Å². The summed E-state index contributed by atoms with van der Waals surface area (Å²) >= 11 is 0. The highest BCUT2D eigenvalue weighted by atomic mass is 16.5. The van der Waals surface area contributed by atoms with Gasteiger partial charge in [0, 0.05) is 24.8 Å². The summed E-state index contributed by atoms with van der Waals surface area (Å²) in [5.41, 5.74) is 5.71. The monoisotopic (exact) mass is 292 g/mol. The Balaban J connectivity index is 2.22. The first-order chi connectivity index (χ1) is 9.87. The number of amides is 1. The molecule has 1 aromatic rings. The summed E-state index contributed by atoms with van der Waals surface area (Å²) in [5.74, 6) is -0.525. The molecule has 1 saturated heterocycles. The van der Waals surface area contributed by atoms with Crippen molar-refractivity contribution in [2.75, 3.05) is 25.9 Å². The molecule has 1 aliphatic rings. The van der Waals surface area contributed by atoms with E-state index in [1.54, 1.807) is 30.0 Å². The Labute approximate surface area is 123 Å². The van der Waals surface area contributed by atoms with E-state index in [0.717, 1.165) is 0 Å². The molecule has 0 aromatic heterocycles. The fourth-order valence-electron chi connectivity index (χ4n) is 2.62. The van der Waals surface area contributed by atoms with E-state index in [9.17, 15) is 14.7 Å². The molecule has 1 heterocycles. The standard InChI is InChI=1S/C15H20N2O4/c1-15(14(19)20)6-3-7-17(9-15)13(18)11-5-4-10(21-2)8-12(11)16/h4-5,8H,3,6-7,9,16H2,1-2H3,(H,19,20). The Morgan fingerprint density at radius 2 is 2.14 bits per heavy atom. The van der Waals surface area contributed by atoms with E-state index in [1.807, 2.05) is 0 Å². The van der Waals surface area contributed by atoms with E-state index < -0.39 is 11.4 Å². The van der Waals surface area contributed by atoms with E-state index in [1.165, 1.54) is 7.11 Å². The number of methoxy groups -OCH3 is 1. The van der Waals surface area contributed by atoms with Gasteiger partial charge in [-0.15, -0.1) is 0 Å². The van der Waals surface area contributed by atoms with Crippen molar-refractivity contribution in [3.8, 4) is 5.75 Å². The molecular formula is C15H20N2O4. The SMILES string of the molecule is COc1ccc(C(=O)N2CCCC(C)(C(=O)O)C2)c(N)c1. The van der Waals surface area contributed by atoms with Gasteiger partial charge in [-0.25, -0.2) is 0 Å². The van der Waals surface area contributed by atoms with Crippen molar-refractivity contribution >= 4 is 17.6 Å². The van der Waals surface area contributed by atoms with Gasteiger partial charge in [-0.05, 0) is 31.9 Å². The van der Waals surface area contributed by atoms with E-state index in [-0.39, 0.29) is 12.5 Å². The van der Waals surface area contributed by atoms with Crippen LogP contribution in [0.2, 0.25) is 0 Å². The van der Waals surface area contributed by atoms with Gasteiger partial charge >= 0.3 is 5.97 Å². The molecule has 3 N–H and O–H groups in total. The number of aliphatic carboxylic acids is 1. The smallest absolute Gasteiger partial charge is 0.311 e. The molecule has 1 amide bonds. The van der Waals surface area contributed by atoms with Crippen LogP contribution >= 0.6 is 0 Å². The first-order valence-electron chi connectivity index (χ1n) is 6.83. The van der Waals surface area contributed by atoms with Crippen LogP contribution in [0.3, 0.4) is 0 Å². The maximum absolute atomic E-state index is 12.5. The van der Waals surface area contributed by atoms with Crippen LogP contribution in [0.4, 0.5) is 5.69 Å². The van der Waals surface area contributed by atoms with Gasteiger partial charge in [0.15, 0.2) is 0 Å². The van der Waals surface area contributed by atoms with E-state index >= 15 is 0 Å². The normalized spacial score (nSPS) is 21.9. The van der Waals surface area contributed by atoms with Gasteiger partial charge < -0.3 is 20.5 Å². The minimum absolute atomic E-state index is 0.201. The van der Waals surface area contributed by atoms with Crippen LogP contribution < -0.4 is 10.5 Å². The molecule has 6 heteroatoms. The van der Waals surface area contributed by atoms with Crippen molar-refractivity contribution in [2.45, 2.75) is 19.8 Å². The first kappa shape index (κ1) is 15.2. The Hall–Kier alpha value is -2.24. The third-order valence-corrected chi connectivity index (χ3v) is 3.99. The number of hydrogen-bond donors (Lipinski definition) is 2. The van der Waals surface area contributed by atoms with E-state index in [2.05, 4.69) is 0 Å². The largest absolute Gasteiger partial charge is 0.497 e. The van der Waals surface area contributed by atoms with Crippen molar-refractivity contribution in [1.29, 1.82) is 0 Å². The molecule has 0 aliphatic carbocycles. The highest BCUT2D eigenvalue weighted by Crippen LogP contribution is 2.31. The fourth-order valence-corrected chi connectivity index (χ4v) is 2.62. The second-order valence-corrected chi connectivity index (χ2v) is 5.65. The number of ether oxygens (including phenoxy) is 1. The molecule has 1 aromatic carbocycles. The Bertz CT molecular complexity index is 573. The van der Waals surface area contributed by atoms with Crippen LogP contribution in [0.15, 0.2) is 18.2 Å². The molecule has 114 valence electrons. The molecule has 6 nitrogen and oxygen atoms in total.